The van der Waals surface area contributed by atoms with Crippen LogP contribution in [0.4, 0.5) is 0 Å². The van der Waals surface area contributed by atoms with Gasteiger partial charge in [0.1, 0.15) is 0 Å². The highest BCUT2D eigenvalue weighted by Crippen LogP contribution is 2.05. The predicted octanol–water partition coefficient (Wildman–Crippen LogP) is 3.50. The van der Waals surface area contributed by atoms with Gasteiger partial charge in [0.2, 0.25) is 0 Å². The van der Waals surface area contributed by atoms with Gasteiger partial charge < -0.3 is 4.90 Å². The van der Waals surface area contributed by atoms with E-state index in [1.165, 1.54) is 45.1 Å². The van der Waals surface area contributed by atoms with Crippen LogP contribution in [0, 0.1) is 6.92 Å². The lowest BCUT2D eigenvalue weighted by molar-refractivity contribution is 0.308. The maximum Gasteiger partial charge on any atom is -0.00184 e. The summed E-state index contributed by atoms with van der Waals surface area (Å²) in [6, 6.07) is 0. The fraction of sp³-hybridized carbons (Fsp3) is 0.917. The summed E-state index contributed by atoms with van der Waals surface area (Å²) in [5, 5.41) is 0. The average molecular weight is 184 g/mol. The lowest BCUT2D eigenvalue weighted by Crippen LogP contribution is -2.23. The van der Waals surface area contributed by atoms with E-state index in [4.69, 9.17) is 0 Å². The Bertz CT molecular complexity index is 87.1. The van der Waals surface area contributed by atoms with Crippen LogP contribution in [0.3, 0.4) is 0 Å². The fourth-order valence-corrected chi connectivity index (χ4v) is 1.54. The first-order chi connectivity index (χ1) is 6.35. The molecule has 0 atom stereocenters. The number of hydrogen-bond donors (Lipinski definition) is 0. The van der Waals surface area contributed by atoms with Crippen molar-refractivity contribution in [3.8, 4) is 0 Å². The van der Waals surface area contributed by atoms with E-state index in [0.29, 0.717) is 0 Å². The first-order valence-electron chi connectivity index (χ1n) is 5.86. The van der Waals surface area contributed by atoms with Gasteiger partial charge in [-0.05, 0) is 33.0 Å². The summed E-state index contributed by atoms with van der Waals surface area (Å²) in [6.45, 7) is 11.7. The topological polar surface area (TPSA) is 3.24 Å². The third-order valence-corrected chi connectivity index (χ3v) is 2.59. The molecule has 0 aromatic carbocycles. The van der Waals surface area contributed by atoms with Gasteiger partial charge in [-0.2, -0.15) is 0 Å². The van der Waals surface area contributed by atoms with Crippen LogP contribution in [0.2, 0.25) is 0 Å². The van der Waals surface area contributed by atoms with Crippen LogP contribution in [-0.2, 0) is 0 Å². The Morgan fingerprint density at radius 2 is 1.54 bits per heavy atom. The summed E-state index contributed by atoms with van der Waals surface area (Å²) in [6.07, 6.45) is 8.35. The van der Waals surface area contributed by atoms with Crippen molar-refractivity contribution in [2.75, 3.05) is 19.6 Å². The van der Waals surface area contributed by atoms with Crippen molar-refractivity contribution in [1.82, 2.24) is 4.90 Å². The smallest absolute Gasteiger partial charge is 0.00184 e. The highest BCUT2D eigenvalue weighted by atomic mass is 15.1. The standard InChI is InChI=1S/C12H26N/c1-4-7-8-9-10-11-12-13(5-2)6-3/h2,4-12H2,1,3H3. The van der Waals surface area contributed by atoms with Crippen molar-refractivity contribution in [2.24, 2.45) is 0 Å². The Balaban J connectivity index is 3.05. The zero-order valence-corrected chi connectivity index (χ0v) is 9.52. The Kier molecular flexibility index (Phi) is 10.0. The molecule has 0 bridgehead atoms. The van der Waals surface area contributed by atoms with Crippen molar-refractivity contribution in [1.29, 1.82) is 0 Å². The van der Waals surface area contributed by atoms with Gasteiger partial charge in [0.15, 0.2) is 0 Å². The van der Waals surface area contributed by atoms with Gasteiger partial charge in [-0.1, -0.05) is 46.0 Å². The van der Waals surface area contributed by atoms with Gasteiger partial charge in [-0.3, -0.25) is 0 Å². The summed E-state index contributed by atoms with van der Waals surface area (Å²) in [4.78, 5) is 2.40. The van der Waals surface area contributed by atoms with Crippen molar-refractivity contribution in [3.05, 3.63) is 6.92 Å². The molecule has 0 saturated carbocycles. The predicted molar refractivity (Wildman–Crippen MR) is 60.8 cm³/mol. The van der Waals surface area contributed by atoms with Crippen LogP contribution >= 0.6 is 0 Å². The summed E-state index contributed by atoms with van der Waals surface area (Å²) in [7, 11) is 0. The lowest BCUT2D eigenvalue weighted by Gasteiger charge is -2.17. The molecule has 0 saturated heterocycles. The molecule has 79 valence electrons. The molecule has 0 heterocycles. The van der Waals surface area contributed by atoms with E-state index in [9.17, 15) is 0 Å². The molecule has 1 radical (unpaired) electrons. The quantitative estimate of drug-likeness (QED) is 0.496. The molecule has 0 fully saturated rings. The minimum Gasteiger partial charge on any atom is -0.304 e. The van der Waals surface area contributed by atoms with Crippen molar-refractivity contribution >= 4 is 0 Å². The molecule has 0 rings (SSSR count). The van der Waals surface area contributed by atoms with Gasteiger partial charge in [-0.15, -0.1) is 0 Å². The van der Waals surface area contributed by atoms with E-state index in [2.05, 4.69) is 25.7 Å². The molecule has 1 heteroatoms. The number of hydrogen-bond acceptors (Lipinski definition) is 1. The second-order valence-electron chi connectivity index (χ2n) is 3.70. The molecule has 0 aliphatic rings. The minimum atomic E-state index is 0.964. The van der Waals surface area contributed by atoms with E-state index in [1.807, 2.05) is 0 Å². The molecule has 0 unspecified atom stereocenters. The molecule has 13 heavy (non-hydrogen) atoms. The second-order valence-corrected chi connectivity index (χ2v) is 3.70. The highest BCUT2D eigenvalue weighted by Gasteiger charge is 1.97. The van der Waals surface area contributed by atoms with Gasteiger partial charge >= 0.3 is 0 Å². The molecule has 0 amide bonds. The Labute approximate surface area is 84.5 Å². The van der Waals surface area contributed by atoms with Crippen LogP contribution < -0.4 is 0 Å². The van der Waals surface area contributed by atoms with Crippen molar-refractivity contribution < 1.29 is 0 Å². The van der Waals surface area contributed by atoms with Crippen LogP contribution in [0.15, 0.2) is 0 Å². The van der Waals surface area contributed by atoms with Crippen molar-refractivity contribution in [3.63, 3.8) is 0 Å². The SMILES string of the molecule is [CH2]CN(CC)CCCCCCCC. The summed E-state index contributed by atoms with van der Waals surface area (Å²) in [5.41, 5.74) is 0. The molecule has 0 aliphatic carbocycles. The molecule has 0 aromatic heterocycles. The van der Waals surface area contributed by atoms with E-state index < -0.39 is 0 Å². The minimum absolute atomic E-state index is 0.964. The summed E-state index contributed by atoms with van der Waals surface area (Å²) in [5.74, 6) is 0. The van der Waals surface area contributed by atoms with Crippen LogP contribution in [0.25, 0.3) is 0 Å². The summed E-state index contributed by atoms with van der Waals surface area (Å²) >= 11 is 0. The Hall–Kier alpha value is -0.0400. The van der Waals surface area contributed by atoms with Gasteiger partial charge in [0.25, 0.3) is 0 Å². The zero-order valence-electron chi connectivity index (χ0n) is 9.52. The monoisotopic (exact) mass is 184 g/mol. The first kappa shape index (κ1) is 13.0. The molecule has 1 nitrogen and oxygen atoms in total. The average Bonchev–Trinajstić information content (AvgIpc) is 2.17. The van der Waals surface area contributed by atoms with Gasteiger partial charge in [0, 0.05) is 0 Å². The zero-order chi connectivity index (χ0) is 9.94. The van der Waals surface area contributed by atoms with E-state index in [-0.39, 0.29) is 0 Å². The molecular formula is C12H26N. The van der Waals surface area contributed by atoms with E-state index >= 15 is 0 Å². The van der Waals surface area contributed by atoms with Crippen LogP contribution in [-0.4, -0.2) is 24.5 Å². The Morgan fingerprint density at radius 1 is 0.923 bits per heavy atom. The van der Waals surface area contributed by atoms with Crippen molar-refractivity contribution in [2.45, 2.75) is 52.4 Å². The summed E-state index contributed by atoms with van der Waals surface area (Å²) < 4.78 is 0. The van der Waals surface area contributed by atoms with Crippen LogP contribution in [0.1, 0.15) is 52.4 Å². The van der Waals surface area contributed by atoms with E-state index in [1.54, 1.807) is 0 Å². The first-order valence-corrected chi connectivity index (χ1v) is 5.86. The third-order valence-electron chi connectivity index (χ3n) is 2.59. The molecule has 0 aliphatic heterocycles. The molecule has 0 N–H and O–H groups in total. The lowest BCUT2D eigenvalue weighted by atomic mass is 10.1. The van der Waals surface area contributed by atoms with Gasteiger partial charge in [-0.25, -0.2) is 0 Å². The number of unbranched alkanes of at least 4 members (excludes halogenated alkanes) is 5. The number of rotatable bonds is 9. The van der Waals surface area contributed by atoms with E-state index in [0.717, 1.165) is 13.1 Å². The van der Waals surface area contributed by atoms with Gasteiger partial charge in [0.05, 0.1) is 0 Å². The fourth-order valence-electron chi connectivity index (χ4n) is 1.54. The maximum atomic E-state index is 3.91. The third kappa shape index (κ3) is 8.29. The molecule has 0 spiro atoms. The second kappa shape index (κ2) is 10.0. The maximum absolute atomic E-state index is 3.91. The highest BCUT2D eigenvalue weighted by molar-refractivity contribution is 4.56. The largest absolute Gasteiger partial charge is 0.304 e. The van der Waals surface area contributed by atoms with Crippen LogP contribution in [0.5, 0.6) is 0 Å². The normalized spacial score (nSPS) is 11.1. The Morgan fingerprint density at radius 3 is 2.08 bits per heavy atom. The molecular weight excluding hydrogens is 158 g/mol. The molecule has 0 aromatic rings. The number of nitrogens with zero attached hydrogens (tertiary/aromatic N) is 1.